The number of phenolic OH excluding ortho intramolecular Hbond substituents is 1. The van der Waals surface area contributed by atoms with E-state index in [9.17, 15) is 22.7 Å². The van der Waals surface area contributed by atoms with E-state index in [0.29, 0.717) is 12.8 Å². The molecular formula is C22H26ClFN4O4S. The van der Waals surface area contributed by atoms with Crippen molar-refractivity contribution in [3.63, 3.8) is 0 Å². The van der Waals surface area contributed by atoms with Crippen molar-refractivity contribution in [2.24, 2.45) is 0 Å². The second-order valence-electron chi connectivity index (χ2n) is 8.44. The molecule has 2 fully saturated rings. The lowest BCUT2D eigenvalue weighted by Gasteiger charge is -2.38. The Morgan fingerprint density at radius 1 is 1.12 bits per heavy atom. The van der Waals surface area contributed by atoms with Gasteiger partial charge in [-0.25, -0.2) is 17.6 Å². The Morgan fingerprint density at radius 2 is 1.76 bits per heavy atom. The number of anilines is 2. The average Bonchev–Trinajstić information content (AvgIpc) is 3.05. The van der Waals surface area contributed by atoms with Gasteiger partial charge in [0.1, 0.15) is 10.7 Å². The first-order valence-corrected chi connectivity index (χ1v) is 12.5. The summed E-state index contributed by atoms with van der Waals surface area (Å²) in [7, 11) is -2.25. The zero-order valence-electron chi connectivity index (χ0n) is 18.2. The summed E-state index contributed by atoms with van der Waals surface area (Å²) in [4.78, 5) is 12.0. The molecule has 2 aromatic carbocycles. The molecule has 2 atom stereocenters. The van der Waals surface area contributed by atoms with Gasteiger partial charge in [-0.05, 0) is 63.9 Å². The Kier molecular flexibility index (Phi) is 6.54. The number of benzene rings is 2. The number of carbonyl (C=O) groups is 1. The van der Waals surface area contributed by atoms with Gasteiger partial charge in [0.25, 0.3) is 0 Å². The predicted molar refractivity (Wildman–Crippen MR) is 125 cm³/mol. The van der Waals surface area contributed by atoms with Crippen LogP contribution in [0.5, 0.6) is 5.75 Å². The van der Waals surface area contributed by atoms with Gasteiger partial charge < -0.3 is 21.1 Å². The van der Waals surface area contributed by atoms with Gasteiger partial charge in [-0.2, -0.15) is 4.31 Å². The summed E-state index contributed by atoms with van der Waals surface area (Å²) in [5, 5.41) is 18.9. The molecule has 0 aliphatic carbocycles. The fraction of sp³-hybridized carbons (Fsp3) is 0.409. The number of nitrogens with zero attached hydrogens (tertiary/aromatic N) is 1. The molecule has 0 aromatic heterocycles. The van der Waals surface area contributed by atoms with Crippen molar-refractivity contribution in [1.82, 2.24) is 9.62 Å². The van der Waals surface area contributed by atoms with Crippen molar-refractivity contribution in [2.75, 3.05) is 17.7 Å². The Morgan fingerprint density at radius 3 is 2.39 bits per heavy atom. The number of carbonyl (C=O) groups excluding carboxylic acids is 1. The number of fused-ring (bicyclic) bond motifs is 2. The molecule has 2 amide bonds. The van der Waals surface area contributed by atoms with E-state index in [1.54, 1.807) is 0 Å². The van der Waals surface area contributed by atoms with Crippen LogP contribution in [0.3, 0.4) is 0 Å². The van der Waals surface area contributed by atoms with Gasteiger partial charge in [0.15, 0.2) is 5.75 Å². The molecule has 4 rings (SSSR count). The zero-order chi connectivity index (χ0) is 23.9. The number of nitrogens with one attached hydrogen (secondary N) is 3. The molecule has 178 valence electrons. The molecule has 0 spiro atoms. The molecule has 33 heavy (non-hydrogen) atoms. The SMILES string of the molecule is CNC1C[C@@H]2CC[C@@H](C1)N2S(=O)(=O)c1c(Cl)ccc(NC(=O)Nc2cccc(F)c2C)c1O. The third-order valence-electron chi connectivity index (χ3n) is 6.46. The number of hydrogen-bond acceptors (Lipinski definition) is 5. The van der Waals surface area contributed by atoms with Crippen molar-refractivity contribution in [3.8, 4) is 5.75 Å². The van der Waals surface area contributed by atoms with Gasteiger partial charge in [0.2, 0.25) is 10.0 Å². The number of amides is 2. The number of piperidine rings is 1. The summed E-state index contributed by atoms with van der Waals surface area (Å²) < 4.78 is 42.4. The topological polar surface area (TPSA) is 111 Å². The maximum absolute atomic E-state index is 13.7. The number of sulfonamides is 1. The molecule has 2 saturated heterocycles. The van der Waals surface area contributed by atoms with Crippen molar-refractivity contribution in [3.05, 3.63) is 46.7 Å². The molecule has 2 aliphatic rings. The van der Waals surface area contributed by atoms with E-state index in [1.807, 2.05) is 7.05 Å². The van der Waals surface area contributed by atoms with Crippen LogP contribution >= 0.6 is 11.6 Å². The lowest BCUT2D eigenvalue weighted by atomic mass is 10.0. The third kappa shape index (κ3) is 4.40. The van der Waals surface area contributed by atoms with E-state index in [0.717, 1.165) is 12.8 Å². The van der Waals surface area contributed by atoms with Crippen molar-refractivity contribution < 1.29 is 22.7 Å². The van der Waals surface area contributed by atoms with Crippen LogP contribution in [-0.2, 0) is 10.0 Å². The molecule has 2 heterocycles. The van der Waals surface area contributed by atoms with Crippen molar-refractivity contribution >= 4 is 39.0 Å². The fourth-order valence-electron chi connectivity index (χ4n) is 4.78. The van der Waals surface area contributed by atoms with Crippen molar-refractivity contribution in [2.45, 2.75) is 55.6 Å². The van der Waals surface area contributed by atoms with Crippen LogP contribution in [0, 0.1) is 12.7 Å². The first-order valence-electron chi connectivity index (χ1n) is 10.7. The third-order valence-corrected chi connectivity index (χ3v) is 8.96. The Labute approximate surface area is 197 Å². The number of hydrogen-bond donors (Lipinski definition) is 4. The molecule has 0 radical (unpaired) electrons. The van der Waals surface area contributed by atoms with Gasteiger partial charge in [-0.15, -0.1) is 0 Å². The number of phenols is 1. The monoisotopic (exact) mass is 496 g/mol. The maximum Gasteiger partial charge on any atom is 0.323 e. The fourth-order valence-corrected chi connectivity index (χ4v) is 7.27. The number of halogens is 2. The summed E-state index contributed by atoms with van der Waals surface area (Å²) in [5.41, 5.74) is 0.372. The largest absolute Gasteiger partial charge is 0.504 e. The summed E-state index contributed by atoms with van der Waals surface area (Å²) in [6.45, 7) is 1.51. The van der Waals surface area contributed by atoms with Crippen LogP contribution < -0.4 is 16.0 Å². The molecule has 0 unspecified atom stereocenters. The Balaban J connectivity index is 1.61. The average molecular weight is 497 g/mol. The van der Waals surface area contributed by atoms with E-state index < -0.39 is 32.5 Å². The maximum atomic E-state index is 13.7. The summed E-state index contributed by atoms with van der Waals surface area (Å²) in [6.07, 6.45) is 2.84. The van der Waals surface area contributed by atoms with Crippen LogP contribution in [0.4, 0.5) is 20.6 Å². The molecular weight excluding hydrogens is 471 g/mol. The summed E-state index contributed by atoms with van der Waals surface area (Å²) in [5.74, 6) is -1.11. The Bertz CT molecular complexity index is 1180. The number of urea groups is 1. The molecule has 8 nitrogen and oxygen atoms in total. The second-order valence-corrected chi connectivity index (χ2v) is 10.6. The van der Waals surface area contributed by atoms with E-state index in [2.05, 4.69) is 16.0 Å². The lowest BCUT2D eigenvalue weighted by molar-refractivity contribution is 0.212. The number of aromatic hydroxyl groups is 1. The quantitative estimate of drug-likeness (QED) is 0.467. The van der Waals surface area contributed by atoms with Crippen LogP contribution in [0.15, 0.2) is 35.2 Å². The molecule has 11 heteroatoms. The molecule has 2 bridgehead atoms. The number of rotatable bonds is 5. The van der Waals surface area contributed by atoms with Crippen LogP contribution in [0.25, 0.3) is 0 Å². The first kappa shape index (κ1) is 23.7. The lowest BCUT2D eigenvalue weighted by Crippen LogP contribution is -2.50. The highest BCUT2D eigenvalue weighted by Crippen LogP contribution is 2.45. The molecule has 2 aliphatic heterocycles. The minimum Gasteiger partial charge on any atom is -0.504 e. The van der Waals surface area contributed by atoms with Gasteiger partial charge in [0.05, 0.1) is 10.7 Å². The predicted octanol–water partition coefficient (Wildman–Crippen LogP) is 4.04. The second kappa shape index (κ2) is 9.09. The minimum atomic E-state index is -4.12. The van der Waals surface area contributed by atoms with E-state index in [1.165, 1.54) is 41.6 Å². The minimum absolute atomic E-state index is 0.123. The highest BCUT2D eigenvalue weighted by atomic mass is 35.5. The highest BCUT2D eigenvalue weighted by Gasteiger charge is 2.48. The van der Waals surface area contributed by atoms with Crippen molar-refractivity contribution in [1.29, 1.82) is 0 Å². The Hall–Kier alpha value is -2.40. The summed E-state index contributed by atoms with van der Waals surface area (Å²) in [6, 6.07) is 5.99. The molecule has 0 saturated carbocycles. The van der Waals surface area contributed by atoms with Gasteiger partial charge in [-0.1, -0.05) is 17.7 Å². The van der Waals surface area contributed by atoms with E-state index in [-0.39, 0.29) is 40.1 Å². The highest BCUT2D eigenvalue weighted by molar-refractivity contribution is 7.89. The van der Waals surface area contributed by atoms with Crippen LogP contribution in [0.1, 0.15) is 31.2 Å². The van der Waals surface area contributed by atoms with E-state index >= 15 is 0 Å². The smallest absolute Gasteiger partial charge is 0.323 e. The summed E-state index contributed by atoms with van der Waals surface area (Å²) >= 11 is 6.23. The molecule has 2 aromatic rings. The van der Waals surface area contributed by atoms with Gasteiger partial charge in [0, 0.05) is 29.4 Å². The van der Waals surface area contributed by atoms with Crippen LogP contribution in [-0.4, -0.2) is 49.0 Å². The standard InChI is InChI=1S/C22H26ClFN4O4S/c1-12-17(24)4-3-5-18(12)26-22(30)27-19-9-8-16(23)21(20(19)29)33(31,32)28-14-6-7-15(28)11-13(10-14)25-2/h3-5,8-9,13-15,25,29H,6-7,10-11H2,1-2H3,(H2,26,27,30)/t14-,15-/m0/s1. The molecule has 4 N–H and O–H groups in total. The van der Waals surface area contributed by atoms with Gasteiger partial charge in [-0.3, -0.25) is 0 Å². The van der Waals surface area contributed by atoms with Crippen LogP contribution in [0.2, 0.25) is 5.02 Å². The zero-order valence-corrected chi connectivity index (χ0v) is 19.8. The normalized spacial score (nSPS) is 22.8. The van der Waals surface area contributed by atoms with E-state index in [4.69, 9.17) is 11.6 Å². The van der Waals surface area contributed by atoms with Gasteiger partial charge >= 0.3 is 6.03 Å². The first-order chi connectivity index (χ1) is 15.6.